The number of hydrogen-bond donors (Lipinski definition) is 3. The molecule has 0 fully saturated rings. The van der Waals surface area contributed by atoms with Crippen LogP contribution < -0.4 is 5.32 Å². The number of carbonyl (C=O) groups is 2. The molecule has 0 aliphatic heterocycles. The van der Waals surface area contributed by atoms with Crippen LogP contribution in [-0.2, 0) is 4.79 Å². The van der Waals surface area contributed by atoms with E-state index in [0.29, 0.717) is 10.1 Å². The van der Waals surface area contributed by atoms with Gasteiger partial charge >= 0.3 is 5.97 Å². The number of halogens is 2. The van der Waals surface area contributed by atoms with Gasteiger partial charge in [0.1, 0.15) is 16.7 Å². The van der Waals surface area contributed by atoms with Crippen molar-refractivity contribution < 1.29 is 24.2 Å². The molecule has 0 aliphatic rings. The van der Waals surface area contributed by atoms with Crippen LogP contribution in [-0.4, -0.2) is 34.7 Å². The maximum Gasteiger partial charge on any atom is 0.326 e. The number of aliphatic hydroxyl groups is 1. The molecule has 0 unspecified atom stereocenters. The Labute approximate surface area is 128 Å². The molecule has 1 heterocycles. The Morgan fingerprint density at radius 3 is 2.76 bits per heavy atom. The lowest BCUT2D eigenvalue weighted by atomic mass is 10.2. The fourth-order valence-electron chi connectivity index (χ4n) is 1.80. The summed E-state index contributed by atoms with van der Waals surface area (Å²) in [7, 11) is 0. The van der Waals surface area contributed by atoms with Crippen LogP contribution in [0.2, 0.25) is 5.02 Å². The lowest BCUT2D eigenvalue weighted by Crippen LogP contribution is -2.41. The molecule has 0 radical (unpaired) electrons. The van der Waals surface area contributed by atoms with Crippen molar-refractivity contribution in [2.75, 3.05) is 6.61 Å². The molecule has 5 nitrogen and oxygen atoms in total. The second-order valence-corrected chi connectivity index (χ2v) is 5.69. The number of hydrogen-bond acceptors (Lipinski definition) is 4. The predicted octanol–water partition coefficient (Wildman–Crippen LogP) is 2.26. The third kappa shape index (κ3) is 3.31. The van der Waals surface area contributed by atoms with E-state index in [1.54, 1.807) is 0 Å². The van der Waals surface area contributed by atoms with Gasteiger partial charge in [-0.15, -0.1) is 11.3 Å². The van der Waals surface area contributed by atoms with Gasteiger partial charge in [0.25, 0.3) is 5.91 Å². The van der Waals surface area contributed by atoms with E-state index in [-0.39, 0.29) is 22.9 Å². The largest absolute Gasteiger partial charge is 0.480 e. The summed E-state index contributed by atoms with van der Waals surface area (Å²) in [6, 6.07) is 2.74. The molecule has 0 spiro atoms. The van der Waals surface area contributed by atoms with Crippen molar-refractivity contribution in [3.05, 3.63) is 33.9 Å². The van der Waals surface area contributed by atoms with Gasteiger partial charge < -0.3 is 15.5 Å². The summed E-state index contributed by atoms with van der Waals surface area (Å²) in [5.41, 5.74) is 0. The first kappa shape index (κ1) is 15.7. The number of carboxylic acids is 1. The molecule has 1 aromatic carbocycles. The third-order valence-electron chi connectivity index (χ3n) is 2.82. The Hall–Kier alpha value is -1.70. The van der Waals surface area contributed by atoms with Crippen molar-refractivity contribution in [1.29, 1.82) is 0 Å². The quantitative estimate of drug-likeness (QED) is 0.784. The van der Waals surface area contributed by atoms with E-state index >= 15 is 0 Å². The molecule has 1 aromatic heterocycles. The summed E-state index contributed by atoms with van der Waals surface area (Å²) < 4.78 is 13.7. The maximum absolute atomic E-state index is 13.2. The molecular formula is C13H11ClFNO4S. The van der Waals surface area contributed by atoms with Crippen molar-refractivity contribution in [1.82, 2.24) is 5.32 Å². The van der Waals surface area contributed by atoms with Gasteiger partial charge in [0, 0.05) is 23.1 Å². The molecule has 1 amide bonds. The van der Waals surface area contributed by atoms with Crippen molar-refractivity contribution >= 4 is 44.9 Å². The van der Waals surface area contributed by atoms with E-state index in [1.807, 2.05) is 0 Å². The minimum atomic E-state index is -1.25. The lowest BCUT2D eigenvalue weighted by molar-refractivity contribution is -0.139. The van der Waals surface area contributed by atoms with Gasteiger partial charge in [-0.2, -0.15) is 0 Å². The third-order valence-corrected chi connectivity index (χ3v) is 4.47. The Bertz CT molecular complexity index is 703. The zero-order chi connectivity index (χ0) is 15.6. The highest BCUT2D eigenvalue weighted by atomic mass is 35.5. The molecule has 0 saturated carbocycles. The van der Waals surface area contributed by atoms with E-state index in [2.05, 4.69) is 5.32 Å². The van der Waals surface area contributed by atoms with Crippen LogP contribution >= 0.6 is 22.9 Å². The Morgan fingerprint density at radius 2 is 2.14 bits per heavy atom. The van der Waals surface area contributed by atoms with Crippen molar-refractivity contribution in [3.8, 4) is 0 Å². The van der Waals surface area contributed by atoms with Gasteiger partial charge in [-0.25, -0.2) is 9.18 Å². The van der Waals surface area contributed by atoms with Crippen LogP contribution in [0, 0.1) is 5.82 Å². The average Bonchev–Trinajstić information content (AvgIpc) is 2.74. The number of benzene rings is 1. The van der Waals surface area contributed by atoms with E-state index in [1.165, 1.54) is 18.2 Å². The first-order valence-corrected chi connectivity index (χ1v) is 7.15. The number of rotatable bonds is 5. The predicted molar refractivity (Wildman–Crippen MR) is 77.4 cm³/mol. The second-order valence-electron chi connectivity index (χ2n) is 4.26. The monoisotopic (exact) mass is 331 g/mol. The standard InChI is InChI=1S/C13H11ClFNO4S/c14-10-7-2-1-6(15)5-9(7)21-11(10)12(18)16-8(3-4-17)13(19)20/h1-2,5,8,17H,3-4H2,(H,16,18)(H,19,20)/t8-/m1/s1. The molecule has 2 aromatic rings. The van der Waals surface area contributed by atoms with Gasteiger partial charge in [-0.3, -0.25) is 4.79 Å². The highest BCUT2D eigenvalue weighted by Crippen LogP contribution is 2.35. The van der Waals surface area contributed by atoms with E-state index in [4.69, 9.17) is 21.8 Å². The SMILES string of the molecule is O=C(N[C@H](CCO)C(=O)O)c1sc2cc(F)ccc2c1Cl. The first-order valence-electron chi connectivity index (χ1n) is 5.96. The van der Waals surface area contributed by atoms with E-state index < -0.39 is 23.7 Å². The molecule has 8 heteroatoms. The van der Waals surface area contributed by atoms with Crippen LogP contribution in [0.4, 0.5) is 4.39 Å². The van der Waals surface area contributed by atoms with Crippen molar-refractivity contribution in [2.45, 2.75) is 12.5 Å². The zero-order valence-corrected chi connectivity index (χ0v) is 12.2. The minimum absolute atomic E-state index is 0.112. The van der Waals surface area contributed by atoms with Gasteiger partial charge in [0.05, 0.1) is 5.02 Å². The fourth-order valence-corrected chi connectivity index (χ4v) is 3.24. The average molecular weight is 332 g/mol. The number of aliphatic carboxylic acids is 1. The van der Waals surface area contributed by atoms with Gasteiger partial charge in [-0.1, -0.05) is 11.6 Å². The van der Waals surface area contributed by atoms with Crippen molar-refractivity contribution in [2.24, 2.45) is 0 Å². The summed E-state index contributed by atoms with van der Waals surface area (Å²) >= 11 is 7.05. The molecular weight excluding hydrogens is 321 g/mol. The minimum Gasteiger partial charge on any atom is -0.480 e. The molecule has 0 saturated heterocycles. The molecule has 2 rings (SSSR count). The molecule has 3 N–H and O–H groups in total. The van der Waals surface area contributed by atoms with Crippen molar-refractivity contribution in [3.63, 3.8) is 0 Å². The highest BCUT2D eigenvalue weighted by Gasteiger charge is 2.23. The fraction of sp³-hybridized carbons (Fsp3) is 0.231. The van der Waals surface area contributed by atoms with Crippen LogP contribution in [0.1, 0.15) is 16.1 Å². The summed E-state index contributed by atoms with van der Waals surface area (Å²) in [6.07, 6.45) is -0.113. The smallest absolute Gasteiger partial charge is 0.326 e. The van der Waals surface area contributed by atoms with Crippen LogP contribution in [0.25, 0.3) is 10.1 Å². The summed E-state index contributed by atoms with van der Waals surface area (Å²) in [5, 5.41) is 20.7. The Morgan fingerprint density at radius 1 is 1.43 bits per heavy atom. The molecule has 0 aliphatic carbocycles. The second kappa shape index (κ2) is 6.38. The van der Waals surface area contributed by atoms with Crippen LogP contribution in [0.15, 0.2) is 18.2 Å². The first-order chi connectivity index (χ1) is 9.93. The number of thiophene rings is 1. The number of aliphatic hydroxyl groups excluding tert-OH is 1. The zero-order valence-electron chi connectivity index (χ0n) is 10.6. The number of fused-ring (bicyclic) bond motifs is 1. The number of nitrogens with one attached hydrogen (secondary N) is 1. The number of amides is 1. The Balaban J connectivity index is 2.30. The number of carboxylic acid groups (broad SMARTS) is 1. The topological polar surface area (TPSA) is 86.6 Å². The maximum atomic E-state index is 13.2. The van der Waals surface area contributed by atoms with Gasteiger partial charge in [0.2, 0.25) is 0 Å². The van der Waals surface area contributed by atoms with E-state index in [9.17, 15) is 14.0 Å². The van der Waals surface area contributed by atoms with Gasteiger partial charge in [-0.05, 0) is 18.2 Å². The molecule has 112 valence electrons. The molecule has 0 bridgehead atoms. The van der Waals surface area contributed by atoms with E-state index in [0.717, 1.165) is 11.3 Å². The summed E-state index contributed by atoms with van der Waals surface area (Å²) in [4.78, 5) is 23.2. The Kier molecular flexibility index (Phi) is 4.76. The summed E-state index contributed by atoms with van der Waals surface area (Å²) in [5.74, 6) is -2.36. The molecule has 1 atom stereocenters. The lowest BCUT2D eigenvalue weighted by Gasteiger charge is -2.12. The highest BCUT2D eigenvalue weighted by molar-refractivity contribution is 7.21. The number of carbonyl (C=O) groups excluding carboxylic acids is 1. The summed E-state index contributed by atoms with van der Waals surface area (Å²) in [6.45, 7) is -0.372. The molecule has 21 heavy (non-hydrogen) atoms. The van der Waals surface area contributed by atoms with Gasteiger partial charge in [0.15, 0.2) is 0 Å². The van der Waals surface area contributed by atoms with Crippen LogP contribution in [0.3, 0.4) is 0 Å². The normalized spacial score (nSPS) is 12.3. The van der Waals surface area contributed by atoms with Crippen LogP contribution in [0.5, 0.6) is 0 Å².